The lowest BCUT2D eigenvalue weighted by atomic mass is 9.97. The van der Waals surface area contributed by atoms with E-state index in [-0.39, 0.29) is 0 Å². The van der Waals surface area contributed by atoms with E-state index in [9.17, 15) is 0 Å². The summed E-state index contributed by atoms with van der Waals surface area (Å²) in [6.07, 6.45) is 4.58. The predicted molar refractivity (Wildman–Crippen MR) is 106 cm³/mol. The van der Waals surface area contributed by atoms with Gasteiger partial charge in [-0.1, -0.05) is 6.08 Å². The summed E-state index contributed by atoms with van der Waals surface area (Å²) in [5, 5.41) is 4.31. The quantitative estimate of drug-likeness (QED) is 0.673. The van der Waals surface area contributed by atoms with E-state index in [0.29, 0.717) is 11.5 Å². The number of rotatable bonds is 5. The van der Waals surface area contributed by atoms with Crippen LogP contribution in [0.25, 0.3) is 11.4 Å². The second-order valence-electron chi connectivity index (χ2n) is 6.56. The molecule has 8 heteroatoms. The Morgan fingerprint density at radius 2 is 1.75 bits per heavy atom. The van der Waals surface area contributed by atoms with E-state index < -0.39 is 0 Å². The zero-order valence-electron chi connectivity index (χ0n) is 16.5. The molecule has 0 radical (unpaired) electrons. The van der Waals surface area contributed by atoms with Crippen molar-refractivity contribution in [3.05, 3.63) is 41.9 Å². The molecule has 146 valence electrons. The molecule has 2 aromatic heterocycles. The molecule has 3 heterocycles. The van der Waals surface area contributed by atoms with Crippen LogP contribution in [-0.4, -0.2) is 54.0 Å². The van der Waals surface area contributed by atoms with Crippen LogP contribution in [0.1, 0.15) is 17.7 Å². The van der Waals surface area contributed by atoms with E-state index in [1.54, 1.807) is 25.8 Å². The Bertz CT molecular complexity index is 1020. The summed E-state index contributed by atoms with van der Waals surface area (Å²) in [6, 6.07) is 5.81. The summed E-state index contributed by atoms with van der Waals surface area (Å²) >= 11 is 0. The largest absolute Gasteiger partial charge is 0.496 e. The number of anilines is 1. The third kappa shape index (κ3) is 3.11. The van der Waals surface area contributed by atoms with Crippen molar-refractivity contribution >= 4 is 17.2 Å². The first-order chi connectivity index (χ1) is 13.6. The third-order valence-corrected chi connectivity index (χ3v) is 4.93. The minimum Gasteiger partial charge on any atom is -0.496 e. The van der Waals surface area contributed by atoms with Crippen LogP contribution in [0.4, 0.5) is 5.82 Å². The molecule has 0 N–H and O–H groups in total. The van der Waals surface area contributed by atoms with Crippen LogP contribution in [-0.2, 0) is 0 Å². The van der Waals surface area contributed by atoms with Crippen LogP contribution in [0.2, 0.25) is 0 Å². The molecular formula is C20H23N5O3. The Kier molecular flexibility index (Phi) is 4.77. The number of benzene rings is 1. The zero-order valence-corrected chi connectivity index (χ0v) is 16.5. The Hall–Kier alpha value is -3.29. The minimum atomic E-state index is 0.614. The van der Waals surface area contributed by atoms with E-state index >= 15 is 0 Å². The number of ether oxygens (including phenoxy) is 3. The number of aryl methyl sites for hydroxylation is 1. The highest BCUT2D eigenvalue weighted by Gasteiger charge is 2.22. The normalized spacial score (nSPS) is 14.1. The van der Waals surface area contributed by atoms with Crippen molar-refractivity contribution in [2.45, 2.75) is 13.3 Å². The number of fused-ring (bicyclic) bond motifs is 1. The van der Waals surface area contributed by atoms with Gasteiger partial charge >= 0.3 is 0 Å². The molecule has 1 aliphatic heterocycles. The van der Waals surface area contributed by atoms with Gasteiger partial charge in [-0.2, -0.15) is 14.6 Å². The maximum absolute atomic E-state index is 5.61. The molecule has 3 aromatic rings. The Labute approximate surface area is 163 Å². The SMILES string of the molecule is COc1cc(OC)c(C2=CCN(c3cc(C)nc4ncnn34)CC2)c(OC)c1. The fourth-order valence-electron chi connectivity index (χ4n) is 3.56. The van der Waals surface area contributed by atoms with Gasteiger partial charge < -0.3 is 19.1 Å². The van der Waals surface area contributed by atoms with Gasteiger partial charge in [-0.05, 0) is 18.9 Å². The summed E-state index contributed by atoms with van der Waals surface area (Å²) in [5.41, 5.74) is 3.08. The second kappa shape index (κ2) is 7.38. The highest BCUT2D eigenvalue weighted by molar-refractivity contribution is 5.78. The number of aromatic nitrogens is 4. The summed E-state index contributed by atoms with van der Waals surface area (Å²) in [6.45, 7) is 3.55. The molecule has 0 saturated carbocycles. The first-order valence-corrected chi connectivity index (χ1v) is 9.06. The molecule has 1 aromatic carbocycles. The van der Waals surface area contributed by atoms with Crippen molar-refractivity contribution in [2.24, 2.45) is 0 Å². The average Bonchev–Trinajstić information content (AvgIpc) is 3.20. The summed E-state index contributed by atoms with van der Waals surface area (Å²) in [4.78, 5) is 10.9. The molecule has 0 spiro atoms. The Morgan fingerprint density at radius 1 is 1.00 bits per heavy atom. The van der Waals surface area contributed by atoms with Gasteiger partial charge in [-0.3, -0.25) is 0 Å². The molecule has 0 unspecified atom stereocenters. The maximum atomic E-state index is 5.61. The van der Waals surface area contributed by atoms with Crippen molar-refractivity contribution in [3.8, 4) is 17.2 Å². The molecule has 0 amide bonds. The highest BCUT2D eigenvalue weighted by atomic mass is 16.5. The number of methoxy groups -OCH3 is 3. The van der Waals surface area contributed by atoms with Crippen molar-refractivity contribution in [2.75, 3.05) is 39.3 Å². The average molecular weight is 381 g/mol. The number of nitrogens with zero attached hydrogens (tertiary/aromatic N) is 5. The van der Waals surface area contributed by atoms with E-state index in [2.05, 4.69) is 26.0 Å². The van der Waals surface area contributed by atoms with E-state index in [0.717, 1.165) is 48.1 Å². The van der Waals surface area contributed by atoms with Gasteiger partial charge in [0.25, 0.3) is 5.78 Å². The van der Waals surface area contributed by atoms with Gasteiger partial charge in [0.2, 0.25) is 0 Å². The molecule has 0 saturated heterocycles. The first-order valence-electron chi connectivity index (χ1n) is 9.06. The summed E-state index contributed by atoms with van der Waals surface area (Å²) in [7, 11) is 4.95. The van der Waals surface area contributed by atoms with Crippen LogP contribution in [0.3, 0.4) is 0 Å². The molecule has 8 nitrogen and oxygen atoms in total. The van der Waals surface area contributed by atoms with Crippen molar-refractivity contribution in [1.29, 1.82) is 0 Å². The standard InChI is InChI=1S/C20H23N5O3/c1-13-9-18(25-20(23-13)21-12-22-25)24-7-5-14(6-8-24)19-16(27-3)10-15(26-2)11-17(19)28-4/h5,9-12H,6-8H2,1-4H3. The smallest absolute Gasteiger partial charge is 0.254 e. The zero-order chi connectivity index (χ0) is 19.7. The van der Waals surface area contributed by atoms with Gasteiger partial charge in [0.15, 0.2) is 0 Å². The van der Waals surface area contributed by atoms with Crippen molar-refractivity contribution in [1.82, 2.24) is 19.6 Å². The minimum absolute atomic E-state index is 0.614. The van der Waals surface area contributed by atoms with Gasteiger partial charge in [0.1, 0.15) is 29.4 Å². The lowest BCUT2D eigenvalue weighted by Crippen LogP contribution is -2.30. The highest BCUT2D eigenvalue weighted by Crippen LogP contribution is 2.41. The predicted octanol–water partition coefficient (Wildman–Crippen LogP) is 2.75. The molecule has 1 aliphatic rings. The Balaban J connectivity index is 1.69. The van der Waals surface area contributed by atoms with Crippen molar-refractivity contribution < 1.29 is 14.2 Å². The van der Waals surface area contributed by atoms with Crippen molar-refractivity contribution in [3.63, 3.8) is 0 Å². The topological polar surface area (TPSA) is 74.0 Å². The van der Waals surface area contributed by atoms with Crippen LogP contribution in [0, 0.1) is 6.92 Å². The van der Waals surface area contributed by atoms with Crippen LogP contribution >= 0.6 is 0 Å². The first kappa shape index (κ1) is 18.1. The van der Waals surface area contributed by atoms with E-state index in [1.165, 1.54) is 11.9 Å². The summed E-state index contributed by atoms with van der Waals surface area (Å²) < 4.78 is 18.4. The van der Waals surface area contributed by atoms with Crippen LogP contribution in [0.5, 0.6) is 17.2 Å². The molecule has 0 atom stereocenters. The lowest BCUT2D eigenvalue weighted by molar-refractivity contribution is 0.373. The monoisotopic (exact) mass is 381 g/mol. The van der Waals surface area contributed by atoms with Gasteiger partial charge in [0.05, 0.1) is 26.9 Å². The molecular weight excluding hydrogens is 358 g/mol. The maximum Gasteiger partial charge on any atom is 0.254 e. The van der Waals surface area contributed by atoms with Gasteiger partial charge in [0, 0.05) is 37.0 Å². The van der Waals surface area contributed by atoms with Gasteiger partial charge in [-0.15, -0.1) is 0 Å². The molecule has 0 aliphatic carbocycles. The molecule has 28 heavy (non-hydrogen) atoms. The lowest BCUT2D eigenvalue weighted by Gasteiger charge is -2.29. The second-order valence-corrected chi connectivity index (χ2v) is 6.56. The van der Waals surface area contributed by atoms with E-state index in [1.807, 2.05) is 25.1 Å². The molecule has 0 bridgehead atoms. The fourth-order valence-corrected chi connectivity index (χ4v) is 3.56. The Morgan fingerprint density at radius 3 is 2.36 bits per heavy atom. The van der Waals surface area contributed by atoms with Gasteiger partial charge in [-0.25, -0.2) is 4.98 Å². The third-order valence-electron chi connectivity index (χ3n) is 4.93. The molecule has 4 rings (SSSR count). The van der Waals surface area contributed by atoms with Crippen LogP contribution < -0.4 is 19.1 Å². The van der Waals surface area contributed by atoms with E-state index in [4.69, 9.17) is 14.2 Å². The van der Waals surface area contributed by atoms with Crippen LogP contribution in [0.15, 0.2) is 30.6 Å². The number of hydrogen-bond donors (Lipinski definition) is 0. The molecule has 0 fully saturated rings. The fraction of sp³-hybridized carbons (Fsp3) is 0.350. The summed E-state index contributed by atoms with van der Waals surface area (Å²) in [5.74, 6) is 3.80. The number of hydrogen-bond acceptors (Lipinski definition) is 7.